The van der Waals surface area contributed by atoms with Crippen LogP contribution in [0, 0.1) is 5.92 Å². The van der Waals surface area contributed by atoms with Gasteiger partial charge in [-0.25, -0.2) is 9.97 Å². The summed E-state index contributed by atoms with van der Waals surface area (Å²) < 4.78 is 5.46. The summed E-state index contributed by atoms with van der Waals surface area (Å²) in [5.74, 6) is 2.81. The highest BCUT2D eigenvalue weighted by molar-refractivity contribution is 6.25. The number of ether oxygens (including phenoxy) is 1. The molecular formula is C19H27ClN2O. The van der Waals surface area contributed by atoms with Gasteiger partial charge in [0.15, 0.2) is 0 Å². The first-order valence-corrected chi connectivity index (χ1v) is 9.35. The number of hydrogen-bond donors (Lipinski definition) is 0. The molecule has 4 heteroatoms. The molecule has 23 heavy (non-hydrogen) atoms. The highest BCUT2D eigenvalue weighted by Crippen LogP contribution is 2.36. The van der Waals surface area contributed by atoms with Gasteiger partial charge in [-0.2, -0.15) is 0 Å². The van der Waals surface area contributed by atoms with E-state index in [-0.39, 0.29) is 0 Å². The maximum absolute atomic E-state index is 5.68. The van der Waals surface area contributed by atoms with Crippen LogP contribution in [0.15, 0.2) is 24.0 Å². The van der Waals surface area contributed by atoms with Crippen LogP contribution in [0.3, 0.4) is 0 Å². The Hall–Kier alpha value is -0.930. The third-order valence-electron chi connectivity index (χ3n) is 5.65. The van der Waals surface area contributed by atoms with Gasteiger partial charge in [-0.15, -0.1) is 0 Å². The van der Waals surface area contributed by atoms with Gasteiger partial charge in [-0.1, -0.05) is 17.7 Å². The van der Waals surface area contributed by atoms with Gasteiger partial charge in [0.1, 0.15) is 5.82 Å². The monoisotopic (exact) mass is 334 g/mol. The minimum Gasteiger partial charge on any atom is -0.381 e. The highest BCUT2D eigenvalue weighted by Gasteiger charge is 2.25. The Morgan fingerprint density at radius 1 is 0.957 bits per heavy atom. The summed E-state index contributed by atoms with van der Waals surface area (Å²) in [4.78, 5) is 9.40. The molecule has 0 aromatic carbocycles. The number of methoxy groups -OCH3 is 1. The second kappa shape index (κ2) is 8.25. The normalized spacial score (nSPS) is 32.3. The van der Waals surface area contributed by atoms with Crippen molar-refractivity contribution in [1.29, 1.82) is 0 Å². The summed E-state index contributed by atoms with van der Waals surface area (Å²) in [5, 5.41) is 0. The van der Waals surface area contributed by atoms with Gasteiger partial charge in [0.25, 0.3) is 0 Å². The number of halogens is 1. The van der Waals surface area contributed by atoms with Crippen molar-refractivity contribution in [2.24, 2.45) is 5.92 Å². The van der Waals surface area contributed by atoms with E-state index in [1.807, 2.05) is 7.11 Å². The Bertz CT molecular complexity index is 501. The Labute approximate surface area is 144 Å². The van der Waals surface area contributed by atoms with E-state index < -0.39 is 0 Å². The van der Waals surface area contributed by atoms with E-state index in [1.165, 1.54) is 44.1 Å². The van der Waals surface area contributed by atoms with E-state index >= 15 is 0 Å². The number of allylic oxidation sites excluding steroid dienone is 1. The molecule has 126 valence electrons. The number of rotatable bonds is 4. The molecule has 0 radical (unpaired) electrons. The molecule has 1 aromatic heterocycles. The Kier molecular flexibility index (Phi) is 6.07. The summed E-state index contributed by atoms with van der Waals surface area (Å²) in [6.45, 7) is 0. The van der Waals surface area contributed by atoms with Crippen molar-refractivity contribution in [1.82, 2.24) is 9.97 Å². The molecule has 2 aliphatic rings. The SMILES string of the molecule is COC1CCC(c2cnc(C3CCC(C=CCl)CC3)nc2)CC1. The van der Waals surface area contributed by atoms with Crippen molar-refractivity contribution < 1.29 is 4.74 Å². The van der Waals surface area contributed by atoms with E-state index in [0.717, 1.165) is 18.7 Å². The van der Waals surface area contributed by atoms with Crippen LogP contribution in [0.2, 0.25) is 0 Å². The maximum atomic E-state index is 5.68. The minimum absolute atomic E-state index is 0.448. The summed E-state index contributed by atoms with van der Waals surface area (Å²) in [6, 6.07) is 0. The lowest BCUT2D eigenvalue weighted by Crippen LogP contribution is -2.20. The fourth-order valence-corrected chi connectivity index (χ4v) is 4.28. The van der Waals surface area contributed by atoms with Crippen LogP contribution in [0.5, 0.6) is 0 Å². The standard InChI is InChI=1S/C19H27ClN2O/c1-23-18-8-6-15(7-9-18)17-12-21-19(22-13-17)16-4-2-14(3-5-16)10-11-20/h10-16,18H,2-9H2,1H3. The zero-order chi connectivity index (χ0) is 16.1. The molecule has 2 saturated carbocycles. The number of nitrogens with zero attached hydrogens (tertiary/aromatic N) is 2. The van der Waals surface area contributed by atoms with Crippen molar-refractivity contribution in [3.8, 4) is 0 Å². The third-order valence-corrected chi connectivity index (χ3v) is 5.80. The molecule has 3 nitrogen and oxygen atoms in total. The highest BCUT2D eigenvalue weighted by atomic mass is 35.5. The predicted octanol–water partition coefficient (Wildman–Crippen LogP) is 5.18. The van der Waals surface area contributed by atoms with Crippen LogP contribution in [-0.4, -0.2) is 23.2 Å². The summed E-state index contributed by atoms with van der Waals surface area (Å²) >= 11 is 5.68. The van der Waals surface area contributed by atoms with Crippen molar-refractivity contribution in [2.75, 3.05) is 7.11 Å². The van der Waals surface area contributed by atoms with Crippen LogP contribution in [0.4, 0.5) is 0 Å². The quantitative estimate of drug-likeness (QED) is 0.761. The van der Waals surface area contributed by atoms with E-state index in [0.29, 0.717) is 23.9 Å². The number of hydrogen-bond acceptors (Lipinski definition) is 3. The molecule has 3 rings (SSSR count). The van der Waals surface area contributed by atoms with Crippen LogP contribution in [0.25, 0.3) is 0 Å². The average molecular weight is 335 g/mol. The van der Waals surface area contributed by atoms with Crippen LogP contribution < -0.4 is 0 Å². The largest absolute Gasteiger partial charge is 0.381 e. The van der Waals surface area contributed by atoms with Crippen molar-refractivity contribution in [3.05, 3.63) is 35.4 Å². The maximum Gasteiger partial charge on any atom is 0.131 e. The molecule has 0 aliphatic heterocycles. The fourth-order valence-electron chi connectivity index (χ4n) is 4.07. The Morgan fingerprint density at radius 3 is 2.13 bits per heavy atom. The van der Waals surface area contributed by atoms with Crippen molar-refractivity contribution in [2.45, 2.75) is 69.3 Å². The minimum atomic E-state index is 0.448. The molecule has 0 amide bonds. The van der Waals surface area contributed by atoms with E-state index in [2.05, 4.69) is 18.5 Å². The van der Waals surface area contributed by atoms with Crippen LogP contribution >= 0.6 is 11.6 Å². The summed E-state index contributed by atoms with van der Waals surface area (Å²) in [5.41, 5.74) is 2.97. The molecule has 0 saturated heterocycles. The van der Waals surface area contributed by atoms with Gasteiger partial charge >= 0.3 is 0 Å². The third kappa shape index (κ3) is 4.33. The molecule has 2 aliphatic carbocycles. The summed E-state index contributed by atoms with van der Waals surface area (Å²) in [6.07, 6.45) is 16.1. The van der Waals surface area contributed by atoms with Gasteiger partial charge in [0.2, 0.25) is 0 Å². The molecule has 0 atom stereocenters. The zero-order valence-corrected chi connectivity index (χ0v) is 14.7. The van der Waals surface area contributed by atoms with Crippen LogP contribution in [-0.2, 0) is 4.74 Å². The predicted molar refractivity (Wildman–Crippen MR) is 93.7 cm³/mol. The lowest BCUT2D eigenvalue weighted by molar-refractivity contribution is 0.0658. The molecule has 0 N–H and O–H groups in total. The topological polar surface area (TPSA) is 35.0 Å². The molecule has 0 spiro atoms. The Morgan fingerprint density at radius 2 is 1.57 bits per heavy atom. The van der Waals surface area contributed by atoms with E-state index in [4.69, 9.17) is 26.3 Å². The fraction of sp³-hybridized carbons (Fsp3) is 0.684. The molecule has 0 unspecified atom stereocenters. The molecular weight excluding hydrogens is 308 g/mol. The van der Waals surface area contributed by atoms with Gasteiger partial charge in [-0.3, -0.25) is 0 Å². The average Bonchev–Trinajstić information content (AvgIpc) is 2.63. The van der Waals surface area contributed by atoms with E-state index in [9.17, 15) is 0 Å². The molecule has 2 fully saturated rings. The first kappa shape index (κ1) is 16.9. The second-order valence-electron chi connectivity index (χ2n) is 7.01. The lowest BCUT2D eigenvalue weighted by atomic mass is 9.81. The molecule has 1 aromatic rings. The van der Waals surface area contributed by atoms with E-state index in [1.54, 1.807) is 5.54 Å². The van der Waals surface area contributed by atoms with Crippen molar-refractivity contribution >= 4 is 11.6 Å². The molecule has 1 heterocycles. The van der Waals surface area contributed by atoms with Gasteiger partial charge < -0.3 is 4.74 Å². The summed E-state index contributed by atoms with van der Waals surface area (Å²) in [7, 11) is 1.82. The van der Waals surface area contributed by atoms with Gasteiger partial charge in [0, 0.05) is 31.0 Å². The first-order chi connectivity index (χ1) is 11.3. The smallest absolute Gasteiger partial charge is 0.131 e. The number of aromatic nitrogens is 2. The molecule has 0 bridgehead atoms. The van der Waals surface area contributed by atoms with Crippen molar-refractivity contribution in [3.63, 3.8) is 0 Å². The first-order valence-electron chi connectivity index (χ1n) is 8.91. The second-order valence-corrected chi connectivity index (χ2v) is 7.27. The van der Waals surface area contributed by atoms with Crippen LogP contribution in [0.1, 0.15) is 74.6 Å². The lowest BCUT2D eigenvalue weighted by Gasteiger charge is -2.28. The zero-order valence-electron chi connectivity index (χ0n) is 14.0. The Balaban J connectivity index is 1.55. The van der Waals surface area contributed by atoms with Gasteiger partial charge in [-0.05, 0) is 68.8 Å². The van der Waals surface area contributed by atoms with Gasteiger partial charge in [0.05, 0.1) is 6.10 Å².